The molecule has 2 N–H and O–H groups in total. The maximum Gasteiger partial charge on any atom is 0.228 e. The molecule has 1 saturated heterocycles. The van der Waals surface area contributed by atoms with Crippen LogP contribution in [0.2, 0.25) is 0 Å². The summed E-state index contributed by atoms with van der Waals surface area (Å²) in [6.45, 7) is 6.68. The van der Waals surface area contributed by atoms with Crippen LogP contribution in [-0.4, -0.2) is 30.4 Å². The Kier molecular flexibility index (Phi) is 6.81. The Balaban J connectivity index is 1.55. The van der Waals surface area contributed by atoms with Crippen LogP contribution in [0.4, 0.5) is 5.69 Å². The predicted octanol–water partition coefficient (Wildman–Crippen LogP) is 3.65. The number of carbonyl (C=O) groups excluding carboxylic acids is 1. The van der Waals surface area contributed by atoms with Gasteiger partial charge < -0.3 is 10.6 Å². The van der Waals surface area contributed by atoms with Gasteiger partial charge in [-0.3, -0.25) is 9.69 Å². The highest BCUT2D eigenvalue weighted by Crippen LogP contribution is 2.21. The number of nitrogens with zero attached hydrogens (tertiary/aromatic N) is 1. The number of hydrogen-bond acceptors (Lipinski definition) is 3. The molecule has 1 aliphatic rings. The Morgan fingerprint density at radius 3 is 2.73 bits per heavy atom. The lowest BCUT2D eigenvalue weighted by Gasteiger charge is -2.32. The Labute approximate surface area is 156 Å². The Hall–Kier alpha value is -2.17. The number of amides is 1. The fourth-order valence-corrected chi connectivity index (χ4v) is 3.53. The van der Waals surface area contributed by atoms with Gasteiger partial charge in [-0.25, -0.2) is 0 Å². The van der Waals surface area contributed by atoms with Gasteiger partial charge in [-0.15, -0.1) is 0 Å². The van der Waals surface area contributed by atoms with Crippen LogP contribution in [0.15, 0.2) is 54.6 Å². The molecule has 1 unspecified atom stereocenters. The van der Waals surface area contributed by atoms with Gasteiger partial charge in [0.1, 0.15) is 0 Å². The molecular weight excluding hydrogens is 322 g/mol. The smallest absolute Gasteiger partial charge is 0.228 e. The molecule has 0 radical (unpaired) electrons. The van der Waals surface area contributed by atoms with E-state index in [1.165, 1.54) is 11.1 Å². The van der Waals surface area contributed by atoms with Crippen LogP contribution < -0.4 is 10.6 Å². The van der Waals surface area contributed by atoms with Crippen LogP contribution in [0.25, 0.3) is 0 Å². The van der Waals surface area contributed by atoms with Gasteiger partial charge >= 0.3 is 0 Å². The number of carbonyl (C=O) groups is 1. The van der Waals surface area contributed by atoms with E-state index in [2.05, 4.69) is 58.9 Å². The molecule has 4 nitrogen and oxygen atoms in total. The van der Waals surface area contributed by atoms with Crippen molar-refractivity contribution in [2.45, 2.75) is 32.9 Å². The monoisotopic (exact) mass is 351 g/mol. The van der Waals surface area contributed by atoms with Crippen LogP contribution in [0, 0.1) is 5.92 Å². The van der Waals surface area contributed by atoms with E-state index in [0.717, 1.165) is 51.3 Å². The maximum absolute atomic E-state index is 12.7. The molecule has 1 atom stereocenters. The minimum Gasteiger partial charge on any atom is -0.326 e. The molecule has 2 aromatic rings. The van der Waals surface area contributed by atoms with Gasteiger partial charge in [-0.05, 0) is 49.2 Å². The standard InChI is InChI=1S/C22H29N3O/c1-2-23-15-19-10-6-12-21(14-19)24-22(26)20-11-7-13-25(17-20)16-18-8-4-3-5-9-18/h3-6,8-10,12,14,20,23H,2,7,11,13,15-17H2,1H3,(H,24,26). The van der Waals surface area contributed by atoms with Crippen molar-refractivity contribution in [2.75, 3.05) is 25.0 Å². The summed E-state index contributed by atoms with van der Waals surface area (Å²) in [6, 6.07) is 18.6. The average Bonchev–Trinajstić information content (AvgIpc) is 2.68. The molecule has 0 aromatic heterocycles. The highest BCUT2D eigenvalue weighted by Gasteiger charge is 2.25. The van der Waals surface area contributed by atoms with E-state index >= 15 is 0 Å². The molecule has 2 aromatic carbocycles. The van der Waals surface area contributed by atoms with Gasteiger partial charge in [0.15, 0.2) is 0 Å². The second kappa shape index (κ2) is 9.51. The van der Waals surface area contributed by atoms with Crippen LogP contribution in [0.1, 0.15) is 30.9 Å². The van der Waals surface area contributed by atoms with Crippen LogP contribution in [-0.2, 0) is 17.9 Å². The normalized spacial score (nSPS) is 17.8. The van der Waals surface area contributed by atoms with E-state index in [0.29, 0.717) is 0 Å². The Morgan fingerprint density at radius 1 is 1.12 bits per heavy atom. The molecule has 0 aliphatic carbocycles. The highest BCUT2D eigenvalue weighted by molar-refractivity contribution is 5.92. The Bertz CT molecular complexity index is 702. The molecule has 4 heteroatoms. The van der Waals surface area contributed by atoms with Crippen molar-refractivity contribution in [1.29, 1.82) is 0 Å². The molecule has 0 spiro atoms. The lowest BCUT2D eigenvalue weighted by molar-refractivity contribution is -0.121. The van der Waals surface area contributed by atoms with E-state index in [1.807, 2.05) is 18.2 Å². The molecule has 0 saturated carbocycles. The second-order valence-corrected chi connectivity index (χ2v) is 7.03. The molecule has 0 bridgehead atoms. The summed E-state index contributed by atoms with van der Waals surface area (Å²) >= 11 is 0. The summed E-state index contributed by atoms with van der Waals surface area (Å²) < 4.78 is 0. The number of benzene rings is 2. The van der Waals surface area contributed by atoms with E-state index in [-0.39, 0.29) is 11.8 Å². The highest BCUT2D eigenvalue weighted by atomic mass is 16.1. The number of rotatable bonds is 7. The quantitative estimate of drug-likeness (QED) is 0.800. The molecule has 26 heavy (non-hydrogen) atoms. The third-order valence-corrected chi connectivity index (χ3v) is 4.90. The maximum atomic E-state index is 12.7. The summed E-state index contributed by atoms with van der Waals surface area (Å²) in [5.41, 5.74) is 3.40. The van der Waals surface area contributed by atoms with Gasteiger partial charge in [0.05, 0.1) is 5.92 Å². The Morgan fingerprint density at radius 2 is 1.92 bits per heavy atom. The number of anilines is 1. The van der Waals surface area contributed by atoms with E-state index in [9.17, 15) is 4.79 Å². The van der Waals surface area contributed by atoms with E-state index < -0.39 is 0 Å². The van der Waals surface area contributed by atoms with Crippen molar-refractivity contribution < 1.29 is 4.79 Å². The van der Waals surface area contributed by atoms with Crippen molar-refractivity contribution in [3.63, 3.8) is 0 Å². The molecule has 138 valence electrons. The van der Waals surface area contributed by atoms with Crippen molar-refractivity contribution >= 4 is 11.6 Å². The van der Waals surface area contributed by atoms with Crippen LogP contribution in [0.5, 0.6) is 0 Å². The van der Waals surface area contributed by atoms with Crippen molar-refractivity contribution in [2.24, 2.45) is 5.92 Å². The van der Waals surface area contributed by atoms with Gasteiger partial charge in [-0.2, -0.15) is 0 Å². The number of hydrogen-bond donors (Lipinski definition) is 2. The topological polar surface area (TPSA) is 44.4 Å². The summed E-state index contributed by atoms with van der Waals surface area (Å²) in [5, 5.41) is 6.44. The third-order valence-electron chi connectivity index (χ3n) is 4.90. The fourth-order valence-electron chi connectivity index (χ4n) is 3.53. The average molecular weight is 351 g/mol. The zero-order chi connectivity index (χ0) is 18.2. The zero-order valence-corrected chi connectivity index (χ0v) is 15.6. The van der Waals surface area contributed by atoms with E-state index in [4.69, 9.17) is 0 Å². The summed E-state index contributed by atoms with van der Waals surface area (Å²) in [4.78, 5) is 15.1. The van der Waals surface area contributed by atoms with Gasteiger partial charge in [0.2, 0.25) is 5.91 Å². The number of nitrogens with one attached hydrogen (secondary N) is 2. The minimum absolute atomic E-state index is 0.0601. The minimum atomic E-state index is 0.0601. The first-order valence-electron chi connectivity index (χ1n) is 9.61. The number of piperidine rings is 1. The van der Waals surface area contributed by atoms with Gasteiger partial charge in [0.25, 0.3) is 0 Å². The molecule has 3 rings (SSSR count). The fraction of sp³-hybridized carbons (Fsp3) is 0.409. The molecule has 1 aliphatic heterocycles. The van der Waals surface area contributed by atoms with Crippen molar-refractivity contribution in [1.82, 2.24) is 10.2 Å². The molecule has 1 amide bonds. The zero-order valence-electron chi connectivity index (χ0n) is 15.6. The SMILES string of the molecule is CCNCc1cccc(NC(=O)C2CCCN(Cc3ccccc3)C2)c1. The van der Waals surface area contributed by atoms with Gasteiger partial charge in [0, 0.05) is 25.3 Å². The summed E-state index contributed by atoms with van der Waals surface area (Å²) in [6.07, 6.45) is 2.04. The molecule has 1 heterocycles. The number of likely N-dealkylation sites (tertiary alicyclic amines) is 1. The van der Waals surface area contributed by atoms with E-state index in [1.54, 1.807) is 0 Å². The molecular formula is C22H29N3O. The van der Waals surface area contributed by atoms with Crippen LogP contribution in [0.3, 0.4) is 0 Å². The molecule has 1 fully saturated rings. The summed E-state index contributed by atoms with van der Waals surface area (Å²) in [7, 11) is 0. The first-order valence-corrected chi connectivity index (χ1v) is 9.61. The van der Waals surface area contributed by atoms with Crippen molar-refractivity contribution in [3.8, 4) is 0 Å². The van der Waals surface area contributed by atoms with Gasteiger partial charge in [-0.1, -0.05) is 49.4 Å². The third kappa shape index (κ3) is 5.41. The lowest BCUT2D eigenvalue weighted by Crippen LogP contribution is -2.40. The first-order chi connectivity index (χ1) is 12.7. The summed E-state index contributed by atoms with van der Waals surface area (Å²) in [5.74, 6) is 0.202. The largest absolute Gasteiger partial charge is 0.326 e. The van der Waals surface area contributed by atoms with Crippen LogP contribution >= 0.6 is 0 Å². The predicted molar refractivity (Wildman–Crippen MR) is 107 cm³/mol. The second-order valence-electron chi connectivity index (χ2n) is 7.03. The lowest BCUT2D eigenvalue weighted by atomic mass is 9.96. The first kappa shape index (κ1) is 18.6. The van der Waals surface area contributed by atoms with Crippen molar-refractivity contribution in [3.05, 3.63) is 65.7 Å².